The maximum atomic E-state index is 4.07. The first kappa shape index (κ1) is 8.68. The van der Waals surface area contributed by atoms with E-state index in [1.165, 1.54) is 6.33 Å². The van der Waals surface area contributed by atoms with Gasteiger partial charge in [0.05, 0.1) is 24.3 Å². The summed E-state index contributed by atoms with van der Waals surface area (Å²) in [7, 11) is 1.90. The fourth-order valence-electron chi connectivity index (χ4n) is 1.16. The van der Waals surface area contributed by atoms with Crippen LogP contribution < -0.4 is 5.32 Å². The lowest BCUT2D eigenvalue weighted by Gasteiger charge is -2.01. The summed E-state index contributed by atoms with van der Waals surface area (Å²) in [5.74, 6) is 0. The van der Waals surface area contributed by atoms with Gasteiger partial charge in [0.25, 0.3) is 0 Å². The van der Waals surface area contributed by atoms with Crippen LogP contribution in [-0.4, -0.2) is 19.7 Å². The number of aromatic nitrogens is 4. The van der Waals surface area contributed by atoms with E-state index in [0.717, 1.165) is 17.8 Å². The molecule has 0 bridgehead atoms. The van der Waals surface area contributed by atoms with Crippen molar-refractivity contribution in [1.82, 2.24) is 19.7 Å². The molecular formula is C9H11N5. The van der Waals surface area contributed by atoms with Gasteiger partial charge in [-0.05, 0) is 0 Å². The first-order valence-corrected chi connectivity index (χ1v) is 4.31. The van der Waals surface area contributed by atoms with Crippen molar-refractivity contribution in [3.05, 3.63) is 36.7 Å². The second-order valence-electron chi connectivity index (χ2n) is 3.00. The van der Waals surface area contributed by atoms with Gasteiger partial charge < -0.3 is 5.32 Å². The lowest BCUT2D eigenvalue weighted by molar-refractivity contribution is 0.767. The van der Waals surface area contributed by atoms with E-state index >= 15 is 0 Å². The van der Waals surface area contributed by atoms with E-state index in [4.69, 9.17) is 0 Å². The zero-order valence-corrected chi connectivity index (χ0v) is 7.88. The highest BCUT2D eigenvalue weighted by Crippen LogP contribution is 2.04. The van der Waals surface area contributed by atoms with Crippen molar-refractivity contribution in [3.8, 4) is 0 Å². The Labute approximate surface area is 81.8 Å². The van der Waals surface area contributed by atoms with Crippen molar-refractivity contribution < 1.29 is 0 Å². The third-order valence-electron chi connectivity index (χ3n) is 1.82. The molecule has 2 aromatic rings. The summed E-state index contributed by atoms with van der Waals surface area (Å²) < 4.78 is 1.78. The number of aryl methyl sites for hydroxylation is 1. The summed E-state index contributed by atoms with van der Waals surface area (Å²) in [5, 5.41) is 7.27. The fourth-order valence-corrected chi connectivity index (χ4v) is 1.16. The van der Waals surface area contributed by atoms with Gasteiger partial charge in [-0.3, -0.25) is 4.68 Å². The summed E-state index contributed by atoms with van der Waals surface area (Å²) in [4.78, 5) is 7.82. The molecule has 5 heteroatoms. The molecule has 2 aromatic heterocycles. The third-order valence-corrected chi connectivity index (χ3v) is 1.82. The van der Waals surface area contributed by atoms with E-state index in [1.54, 1.807) is 17.1 Å². The van der Waals surface area contributed by atoms with Crippen LogP contribution in [0.15, 0.2) is 31.1 Å². The summed E-state index contributed by atoms with van der Waals surface area (Å²) in [5.41, 5.74) is 2.05. The van der Waals surface area contributed by atoms with Crippen molar-refractivity contribution in [3.63, 3.8) is 0 Å². The molecule has 0 aliphatic rings. The van der Waals surface area contributed by atoms with Gasteiger partial charge in [-0.2, -0.15) is 5.10 Å². The van der Waals surface area contributed by atoms with Crippen LogP contribution in [0.5, 0.6) is 0 Å². The fraction of sp³-hybridized carbons (Fsp3) is 0.222. The van der Waals surface area contributed by atoms with E-state index in [2.05, 4.69) is 20.4 Å². The molecule has 2 heterocycles. The Balaban J connectivity index is 1.95. The molecule has 14 heavy (non-hydrogen) atoms. The number of hydrogen-bond acceptors (Lipinski definition) is 4. The van der Waals surface area contributed by atoms with Gasteiger partial charge in [-0.1, -0.05) is 0 Å². The Hall–Kier alpha value is -1.91. The lowest BCUT2D eigenvalue weighted by atomic mass is 10.3. The van der Waals surface area contributed by atoms with E-state index in [9.17, 15) is 0 Å². The first-order valence-electron chi connectivity index (χ1n) is 4.31. The number of nitrogens with one attached hydrogen (secondary N) is 1. The molecule has 0 amide bonds. The molecule has 0 saturated carbocycles. The summed E-state index contributed by atoms with van der Waals surface area (Å²) >= 11 is 0. The topological polar surface area (TPSA) is 55.6 Å². The third kappa shape index (κ3) is 2.07. The van der Waals surface area contributed by atoms with Gasteiger partial charge in [0.1, 0.15) is 6.33 Å². The normalized spacial score (nSPS) is 10.1. The van der Waals surface area contributed by atoms with Crippen LogP contribution in [0.25, 0.3) is 0 Å². The van der Waals surface area contributed by atoms with Crippen LogP contribution in [0, 0.1) is 0 Å². The Morgan fingerprint density at radius 2 is 2.07 bits per heavy atom. The minimum absolute atomic E-state index is 0.737. The summed E-state index contributed by atoms with van der Waals surface area (Å²) in [6.07, 6.45) is 8.79. The number of nitrogens with zero attached hydrogens (tertiary/aromatic N) is 4. The maximum absolute atomic E-state index is 4.07. The highest BCUT2D eigenvalue weighted by molar-refractivity contribution is 5.37. The Morgan fingerprint density at radius 3 is 2.71 bits per heavy atom. The molecule has 0 radical (unpaired) electrons. The second-order valence-corrected chi connectivity index (χ2v) is 3.00. The van der Waals surface area contributed by atoms with Crippen LogP contribution >= 0.6 is 0 Å². The van der Waals surface area contributed by atoms with E-state index in [1.807, 2.05) is 19.4 Å². The smallest absolute Gasteiger partial charge is 0.115 e. The summed E-state index contributed by atoms with van der Waals surface area (Å²) in [6.45, 7) is 0.737. The predicted molar refractivity (Wildman–Crippen MR) is 52.6 cm³/mol. The first-order chi connectivity index (χ1) is 6.84. The molecule has 5 nitrogen and oxygen atoms in total. The summed E-state index contributed by atoms with van der Waals surface area (Å²) in [6, 6.07) is 0. The molecule has 72 valence electrons. The van der Waals surface area contributed by atoms with Crippen molar-refractivity contribution in [2.45, 2.75) is 6.54 Å². The molecule has 1 N–H and O–H groups in total. The van der Waals surface area contributed by atoms with E-state index in [0.29, 0.717) is 0 Å². The molecule has 0 aliphatic carbocycles. The molecule has 0 atom stereocenters. The Kier molecular flexibility index (Phi) is 2.40. The van der Waals surface area contributed by atoms with Crippen molar-refractivity contribution in [2.24, 2.45) is 7.05 Å². The van der Waals surface area contributed by atoms with Crippen molar-refractivity contribution in [2.75, 3.05) is 5.32 Å². The number of anilines is 1. The zero-order chi connectivity index (χ0) is 9.80. The molecule has 0 aliphatic heterocycles. The van der Waals surface area contributed by atoms with Crippen molar-refractivity contribution in [1.29, 1.82) is 0 Å². The van der Waals surface area contributed by atoms with Gasteiger partial charge in [-0.15, -0.1) is 0 Å². The van der Waals surface area contributed by atoms with Crippen LogP contribution in [0.4, 0.5) is 5.69 Å². The molecule has 0 spiro atoms. The quantitative estimate of drug-likeness (QED) is 0.776. The highest BCUT2D eigenvalue weighted by atomic mass is 15.2. The molecule has 2 rings (SSSR count). The molecule has 0 aromatic carbocycles. The van der Waals surface area contributed by atoms with Crippen LogP contribution in [-0.2, 0) is 13.6 Å². The van der Waals surface area contributed by atoms with Crippen molar-refractivity contribution >= 4 is 5.69 Å². The molecule has 0 unspecified atom stereocenters. The van der Waals surface area contributed by atoms with E-state index in [-0.39, 0.29) is 0 Å². The molecule has 0 saturated heterocycles. The van der Waals surface area contributed by atoms with Crippen LogP contribution in [0.2, 0.25) is 0 Å². The lowest BCUT2D eigenvalue weighted by Crippen LogP contribution is -1.98. The van der Waals surface area contributed by atoms with E-state index < -0.39 is 0 Å². The average molecular weight is 189 g/mol. The van der Waals surface area contributed by atoms with Gasteiger partial charge in [0.15, 0.2) is 0 Å². The van der Waals surface area contributed by atoms with Gasteiger partial charge >= 0.3 is 0 Å². The SMILES string of the molecule is Cn1cc(CNc2cncnc2)cn1. The molecule has 0 fully saturated rings. The van der Waals surface area contributed by atoms with Gasteiger partial charge in [0, 0.05) is 25.4 Å². The minimum atomic E-state index is 0.737. The number of rotatable bonds is 3. The maximum Gasteiger partial charge on any atom is 0.115 e. The zero-order valence-electron chi connectivity index (χ0n) is 7.88. The Bertz CT molecular complexity index is 395. The Morgan fingerprint density at radius 1 is 1.29 bits per heavy atom. The van der Waals surface area contributed by atoms with Gasteiger partial charge in [-0.25, -0.2) is 9.97 Å². The minimum Gasteiger partial charge on any atom is -0.378 e. The van der Waals surface area contributed by atoms with Crippen LogP contribution in [0.3, 0.4) is 0 Å². The molecular weight excluding hydrogens is 178 g/mol. The average Bonchev–Trinajstić information content (AvgIpc) is 2.63. The second kappa shape index (κ2) is 3.87. The number of hydrogen-bond donors (Lipinski definition) is 1. The van der Waals surface area contributed by atoms with Crippen LogP contribution in [0.1, 0.15) is 5.56 Å². The standard InChI is InChI=1S/C9H11N5/c1-14-6-8(3-13-14)2-12-9-4-10-7-11-5-9/h3-7,12H,2H2,1H3. The highest BCUT2D eigenvalue weighted by Gasteiger charge is 1.95. The monoisotopic (exact) mass is 189 g/mol. The van der Waals surface area contributed by atoms with Gasteiger partial charge in [0.2, 0.25) is 0 Å². The predicted octanol–water partition coefficient (Wildman–Crippen LogP) is 0.822. The largest absolute Gasteiger partial charge is 0.378 e.